The van der Waals surface area contributed by atoms with Crippen LogP contribution in [0, 0.1) is 22.0 Å². The highest BCUT2D eigenvalue weighted by molar-refractivity contribution is 9.10. The molecule has 0 unspecified atom stereocenters. The van der Waals surface area contributed by atoms with Gasteiger partial charge in [0.05, 0.1) is 33.6 Å². The summed E-state index contributed by atoms with van der Waals surface area (Å²) in [4.78, 5) is 37.3. The fourth-order valence-corrected chi connectivity index (χ4v) is 4.60. The van der Waals surface area contributed by atoms with Crippen LogP contribution in [-0.2, 0) is 14.3 Å². The molecule has 3 aliphatic rings. The van der Waals surface area contributed by atoms with Crippen molar-refractivity contribution in [2.45, 2.75) is 25.0 Å². The van der Waals surface area contributed by atoms with Crippen molar-refractivity contribution >= 4 is 39.1 Å². The van der Waals surface area contributed by atoms with Gasteiger partial charge in [-0.2, -0.15) is 0 Å². The fourth-order valence-electron chi connectivity index (χ4n) is 4.06. The lowest BCUT2D eigenvalue weighted by Crippen LogP contribution is -2.39. The second-order valence-electron chi connectivity index (χ2n) is 6.66. The second-order valence-corrected chi connectivity index (χ2v) is 7.52. The van der Waals surface area contributed by atoms with Crippen molar-refractivity contribution in [1.82, 2.24) is 0 Å². The number of hydrogen-bond donors (Lipinski definition) is 0. The number of nitro groups is 1. The Morgan fingerprint density at radius 2 is 1.71 bits per heavy atom. The van der Waals surface area contributed by atoms with Crippen molar-refractivity contribution in [2.75, 3.05) is 4.90 Å². The Kier molecular flexibility index (Phi) is 2.91. The number of amides is 2. The minimum absolute atomic E-state index is 0.117. The van der Waals surface area contributed by atoms with Crippen LogP contribution in [0.2, 0.25) is 0 Å². The number of rotatable bonds is 2. The molecule has 2 fully saturated rings. The van der Waals surface area contributed by atoms with E-state index in [1.165, 1.54) is 18.2 Å². The molecule has 0 saturated carbocycles. The maximum absolute atomic E-state index is 12.9. The number of non-ortho nitro benzene ring substituents is 1. The van der Waals surface area contributed by atoms with E-state index in [1.807, 2.05) is 12.2 Å². The number of ether oxygens (including phenoxy) is 1. The minimum Gasteiger partial charge on any atom is -0.359 e. The lowest BCUT2D eigenvalue weighted by molar-refractivity contribution is -0.384. The third-order valence-corrected chi connectivity index (χ3v) is 5.74. The first kappa shape index (κ1) is 15.5. The monoisotopic (exact) mass is 392 g/mol. The fraction of sp³-hybridized carbons (Fsp3) is 0.375. The molecule has 2 bridgehead atoms. The molecule has 2 saturated heterocycles. The van der Waals surface area contributed by atoms with Gasteiger partial charge in [-0.3, -0.25) is 19.7 Å². The van der Waals surface area contributed by atoms with Gasteiger partial charge in [0, 0.05) is 16.6 Å². The molecule has 1 aromatic rings. The van der Waals surface area contributed by atoms with Gasteiger partial charge in [0.2, 0.25) is 11.8 Å². The van der Waals surface area contributed by atoms with Crippen LogP contribution in [0.25, 0.3) is 0 Å². The molecule has 4 rings (SSSR count). The van der Waals surface area contributed by atoms with Crippen molar-refractivity contribution in [3.8, 4) is 0 Å². The lowest BCUT2D eigenvalue weighted by Gasteiger charge is -2.25. The van der Waals surface area contributed by atoms with Gasteiger partial charge >= 0.3 is 0 Å². The summed E-state index contributed by atoms with van der Waals surface area (Å²) in [7, 11) is 0. The number of halogens is 1. The maximum Gasteiger partial charge on any atom is 0.270 e. The maximum atomic E-state index is 12.9. The van der Waals surface area contributed by atoms with E-state index in [0.717, 1.165) is 4.90 Å². The number of benzene rings is 1. The molecule has 0 radical (unpaired) electrons. The van der Waals surface area contributed by atoms with E-state index in [0.29, 0.717) is 10.2 Å². The number of fused-ring (bicyclic) bond motifs is 5. The Morgan fingerprint density at radius 1 is 1.17 bits per heavy atom. The third kappa shape index (κ3) is 1.75. The van der Waals surface area contributed by atoms with E-state index in [2.05, 4.69) is 15.9 Å². The molecule has 3 heterocycles. The van der Waals surface area contributed by atoms with E-state index in [-0.39, 0.29) is 17.5 Å². The van der Waals surface area contributed by atoms with Crippen molar-refractivity contribution in [3.05, 3.63) is 44.9 Å². The van der Waals surface area contributed by atoms with Gasteiger partial charge < -0.3 is 4.74 Å². The minimum atomic E-state index is -0.797. The Labute approximate surface area is 145 Å². The summed E-state index contributed by atoms with van der Waals surface area (Å²) in [6.45, 7) is 3.61. The quantitative estimate of drug-likeness (QED) is 0.334. The molecular formula is C16H13BrN2O5. The molecule has 2 amide bonds. The highest BCUT2D eigenvalue weighted by Gasteiger charge is 2.70. The van der Waals surface area contributed by atoms with Crippen LogP contribution in [0.4, 0.5) is 11.4 Å². The van der Waals surface area contributed by atoms with Crippen LogP contribution in [0.1, 0.15) is 13.8 Å². The highest BCUT2D eigenvalue weighted by Crippen LogP contribution is 2.57. The number of anilines is 1. The molecule has 8 heteroatoms. The van der Waals surface area contributed by atoms with Crippen LogP contribution in [0.15, 0.2) is 34.8 Å². The zero-order valence-corrected chi connectivity index (χ0v) is 14.4. The summed E-state index contributed by atoms with van der Waals surface area (Å²) in [6.07, 6.45) is 3.68. The van der Waals surface area contributed by atoms with Crippen molar-refractivity contribution < 1.29 is 19.2 Å². The van der Waals surface area contributed by atoms with E-state index in [1.54, 1.807) is 13.8 Å². The molecule has 0 spiro atoms. The summed E-state index contributed by atoms with van der Waals surface area (Å²) in [5.74, 6) is -1.84. The van der Waals surface area contributed by atoms with E-state index in [9.17, 15) is 19.7 Å². The van der Waals surface area contributed by atoms with Crippen molar-refractivity contribution in [2.24, 2.45) is 11.8 Å². The van der Waals surface area contributed by atoms with Crippen molar-refractivity contribution in [3.63, 3.8) is 0 Å². The van der Waals surface area contributed by atoms with Gasteiger partial charge in [0.15, 0.2) is 0 Å². The molecule has 1 aromatic carbocycles. The van der Waals surface area contributed by atoms with E-state index in [4.69, 9.17) is 4.74 Å². The SMILES string of the molecule is C[C@]12C=C[C@](C)(O1)[C@H]1C(=O)N(c3ccc([N+](=O)[O-])cc3Br)C(=O)[C@H]12. The van der Waals surface area contributed by atoms with E-state index < -0.39 is 28.0 Å². The summed E-state index contributed by atoms with van der Waals surface area (Å²) in [6, 6.07) is 3.98. The number of nitrogens with zero attached hydrogens (tertiary/aromatic N) is 2. The van der Waals surface area contributed by atoms with Crippen LogP contribution >= 0.6 is 15.9 Å². The Bertz CT molecular complexity index is 817. The molecule has 7 nitrogen and oxygen atoms in total. The van der Waals surface area contributed by atoms with Crippen molar-refractivity contribution in [1.29, 1.82) is 0 Å². The Morgan fingerprint density at radius 3 is 2.17 bits per heavy atom. The second kappa shape index (κ2) is 4.52. The normalized spacial score (nSPS) is 36.5. The first-order chi connectivity index (χ1) is 11.2. The zero-order chi connectivity index (χ0) is 17.4. The third-order valence-electron chi connectivity index (χ3n) is 5.11. The summed E-state index contributed by atoms with van der Waals surface area (Å²) >= 11 is 3.24. The standard InChI is InChI=1S/C16H13BrN2O5/c1-15-5-6-16(2,24-15)12-11(15)13(20)18(14(12)21)10-4-3-8(19(22)23)7-9(10)17/h3-7,11-12H,1-2H3/t11-,12+,15+,16-. The van der Waals surface area contributed by atoms with Crippen LogP contribution in [-0.4, -0.2) is 27.9 Å². The van der Waals surface area contributed by atoms with Gasteiger partial charge in [-0.25, -0.2) is 4.90 Å². The number of imide groups is 1. The van der Waals surface area contributed by atoms with Crippen LogP contribution in [0.5, 0.6) is 0 Å². The first-order valence-electron chi connectivity index (χ1n) is 7.40. The summed E-state index contributed by atoms with van der Waals surface area (Å²) < 4.78 is 6.27. The van der Waals surface area contributed by atoms with Gasteiger partial charge in [-0.1, -0.05) is 12.2 Å². The van der Waals surface area contributed by atoms with Crippen LogP contribution in [0.3, 0.4) is 0 Å². The smallest absolute Gasteiger partial charge is 0.270 e. The predicted octanol–water partition coefficient (Wildman–Crippen LogP) is 2.58. The van der Waals surface area contributed by atoms with Crippen LogP contribution < -0.4 is 4.90 Å². The number of carbonyl (C=O) groups is 2. The molecule has 4 atom stereocenters. The largest absolute Gasteiger partial charge is 0.359 e. The molecule has 3 aliphatic heterocycles. The molecule has 0 aromatic heterocycles. The predicted molar refractivity (Wildman–Crippen MR) is 87.3 cm³/mol. The van der Waals surface area contributed by atoms with Gasteiger partial charge in [0.1, 0.15) is 0 Å². The Balaban J connectivity index is 1.79. The number of carbonyl (C=O) groups excluding carboxylic acids is 2. The lowest BCUT2D eigenvalue weighted by atomic mass is 9.73. The molecule has 124 valence electrons. The topological polar surface area (TPSA) is 89.8 Å². The first-order valence-corrected chi connectivity index (χ1v) is 8.19. The van der Waals surface area contributed by atoms with E-state index >= 15 is 0 Å². The average Bonchev–Trinajstić information content (AvgIpc) is 3.04. The number of nitro benzene ring substituents is 1. The molecule has 0 N–H and O–H groups in total. The Hall–Kier alpha value is -2.06. The summed E-state index contributed by atoms with van der Waals surface area (Å²) in [5, 5.41) is 10.9. The highest BCUT2D eigenvalue weighted by atomic mass is 79.9. The summed E-state index contributed by atoms with van der Waals surface area (Å²) in [5.41, 5.74) is -1.40. The van der Waals surface area contributed by atoms with Gasteiger partial charge in [0.25, 0.3) is 5.69 Å². The number of hydrogen-bond acceptors (Lipinski definition) is 5. The molecular weight excluding hydrogens is 380 g/mol. The molecule has 24 heavy (non-hydrogen) atoms. The molecule has 0 aliphatic carbocycles. The zero-order valence-electron chi connectivity index (χ0n) is 12.9. The average molecular weight is 393 g/mol. The van der Waals surface area contributed by atoms with Gasteiger partial charge in [-0.15, -0.1) is 0 Å². The van der Waals surface area contributed by atoms with Gasteiger partial charge in [-0.05, 0) is 35.8 Å².